The van der Waals surface area contributed by atoms with Crippen LogP contribution >= 0.6 is 11.8 Å². The first-order chi connectivity index (χ1) is 9.65. The lowest BCUT2D eigenvalue weighted by atomic mass is 10.2. The van der Waals surface area contributed by atoms with Crippen molar-refractivity contribution in [1.82, 2.24) is 0 Å². The van der Waals surface area contributed by atoms with Crippen molar-refractivity contribution in [2.45, 2.75) is 9.79 Å². The first-order valence-corrected chi connectivity index (χ1v) is 6.62. The van der Waals surface area contributed by atoms with Gasteiger partial charge in [0.1, 0.15) is 6.07 Å². The number of carbonyl (C=O) groups is 1. The molecule has 0 fully saturated rings. The molecule has 100 valence electrons. The van der Waals surface area contributed by atoms with Gasteiger partial charge in [0.05, 0.1) is 18.2 Å². The molecule has 4 nitrogen and oxygen atoms in total. The quantitative estimate of drug-likeness (QED) is 0.692. The number of ether oxygens (including phenoxy) is 1. The summed E-state index contributed by atoms with van der Waals surface area (Å²) in [6.45, 7) is 0. The Morgan fingerprint density at radius 2 is 2.00 bits per heavy atom. The van der Waals surface area contributed by atoms with Gasteiger partial charge in [-0.3, -0.25) is 0 Å². The van der Waals surface area contributed by atoms with E-state index in [1.807, 2.05) is 18.2 Å². The third kappa shape index (κ3) is 2.92. The Kier molecular flexibility index (Phi) is 4.28. The van der Waals surface area contributed by atoms with Crippen LogP contribution in [0.3, 0.4) is 0 Å². The van der Waals surface area contributed by atoms with Gasteiger partial charge in [0.25, 0.3) is 0 Å². The molecule has 0 radical (unpaired) electrons. The smallest absolute Gasteiger partial charge is 0.337 e. The predicted molar refractivity (Wildman–Crippen MR) is 77.5 cm³/mol. The molecule has 2 N–H and O–H groups in total. The number of nitriles is 1. The third-order valence-corrected chi connectivity index (χ3v) is 3.83. The SMILES string of the molecule is COC(=O)c1ccc(Sc2ccccc2C#N)c(N)c1. The number of esters is 1. The molecule has 0 aliphatic rings. The molecule has 2 aromatic carbocycles. The fraction of sp³-hybridized carbons (Fsp3) is 0.0667. The number of methoxy groups -OCH3 is 1. The molecule has 0 bridgehead atoms. The van der Waals surface area contributed by atoms with Gasteiger partial charge in [0, 0.05) is 15.5 Å². The van der Waals surface area contributed by atoms with Gasteiger partial charge in [-0.2, -0.15) is 5.26 Å². The molecule has 0 saturated heterocycles. The molecule has 2 rings (SSSR count). The van der Waals surface area contributed by atoms with Gasteiger partial charge in [-0.1, -0.05) is 23.9 Å². The first-order valence-electron chi connectivity index (χ1n) is 5.80. The van der Waals surface area contributed by atoms with Gasteiger partial charge in [-0.05, 0) is 30.3 Å². The van der Waals surface area contributed by atoms with Crippen molar-refractivity contribution in [2.24, 2.45) is 0 Å². The average molecular weight is 284 g/mol. The van der Waals surface area contributed by atoms with Crippen LogP contribution in [-0.2, 0) is 4.74 Å². The summed E-state index contributed by atoms with van der Waals surface area (Å²) in [6, 6.07) is 14.4. The number of anilines is 1. The fourth-order valence-corrected chi connectivity index (χ4v) is 2.57. The first kappa shape index (κ1) is 14.0. The number of nitrogen functional groups attached to an aromatic ring is 1. The second kappa shape index (κ2) is 6.13. The molecule has 0 aliphatic carbocycles. The Bertz CT molecular complexity index is 693. The van der Waals surface area contributed by atoms with Crippen molar-refractivity contribution >= 4 is 23.4 Å². The Labute approximate surface area is 121 Å². The monoisotopic (exact) mass is 284 g/mol. The molecule has 0 spiro atoms. The van der Waals surface area contributed by atoms with Crippen LogP contribution in [0.1, 0.15) is 15.9 Å². The molecular weight excluding hydrogens is 272 g/mol. The molecule has 5 heteroatoms. The van der Waals surface area contributed by atoms with E-state index >= 15 is 0 Å². The minimum atomic E-state index is -0.425. The summed E-state index contributed by atoms with van der Waals surface area (Å²) in [5.74, 6) is -0.425. The van der Waals surface area contributed by atoms with Crippen LogP contribution in [0.2, 0.25) is 0 Å². The van der Waals surface area contributed by atoms with Crippen LogP contribution in [0.25, 0.3) is 0 Å². The van der Waals surface area contributed by atoms with Crippen molar-refractivity contribution < 1.29 is 9.53 Å². The van der Waals surface area contributed by atoms with E-state index in [4.69, 9.17) is 11.0 Å². The predicted octanol–water partition coefficient (Wildman–Crippen LogP) is 3.08. The summed E-state index contributed by atoms with van der Waals surface area (Å²) in [7, 11) is 1.32. The zero-order valence-electron chi connectivity index (χ0n) is 10.8. The van der Waals surface area contributed by atoms with E-state index in [0.29, 0.717) is 16.8 Å². The van der Waals surface area contributed by atoms with Gasteiger partial charge in [0.15, 0.2) is 0 Å². The molecule has 0 amide bonds. The van der Waals surface area contributed by atoms with E-state index < -0.39 is 5.97 Å². The lowest BCUT2D eigenvalue weighted by molar-refractivity contribution is 0.0600. The Morgan fingerprint density at radius 1 is 1.25 bits per heavy atom. The number of hydrogen-bond donors (Lipinski definition) is 1. The van der Waals surface area contributed by atoms with E-state index in [1.54, 1.807) is 24.3 Å². The van der Waals surface area contributed by atoms with Crippen LogP contribution < -0.4 is 5.73 Å². The summed E-state index contributed by atoms with van der Waals surface area (Å²) >= 11 is 1.39. The number of rotatable bonds is 3. The van der Waals surface area contributed by atoms with Gasteiger partial charge in [-0.25, -0.2) is 4.79 Å². The van der Waals surface area contributed by atoms with Gasteiger partial charge >= 0.3 is 5.97 Å². The molecule has 20 heavy (non-hydrogen) atoms. The van der Waals surface area contributed by atoms with Crippen molar-refractivity contribution in [2.75, 3.05) is 12.8 Å². The second-order valence-electron chi connectivity index (χ2n) is 3.95. The van der Waals surface area contributed by atoms with Crippen molar-refractivity contribution in [3.05, 3.63) is 53.6 Å². The summed E-state index contributed by atoms with van der Waals surface area (Å²) in [5.41, 5.74) is 7.42. The Hall–Kier alpha value is -2.45. The number of carbonyl (C=O) groups excluding carboxylic acids is 1. The minimum absolute atomic E-state index is 0.405. The standard InChI is InChI=1S/C15H12N2O2S/c1-19-15(18)10-6-7-14(12(17)8-10)20-13-5-3-2-4-11(13)9-16/h2-8H,17H2,1H3. The molecule has 0 heterocycles. The number of nitrogens with zero attached hydrogens (tertiary/aromatic N) is 1. The van der Waals surface area contributed by atoms with E-state index in [2.05, 4.69) is 10.8 Å². The largest absolute Gasteiger partial charge is 0.465 e. The van der Waals surface area contributed by atoms with E-state index in [0.717, 1.165) is 9.79 Å². The normalized spacial score (nSPS) is 9.80. The van der Waals surface area contributed by atoms with Crippen LogP contribution in [0.15, 0.2) is 52.3 Å². The maximum absolute atomic E-state index is 11.4. The average Bonchev–Trinajstić information content (AvgIpc) is 2.49. The third-order valence-electron chi connectivity index (χ3n) is 2.66. The van der Waals surface area contributed by atoms with Gasteiger partial charge in [0.2, 0.25) is 0 Å². The number of hydrogen-bond acceptors (Lipinski definition) is 5. The summed E-state index contributed by atoms with van der Waals surface area (Å²) < 4.78 is 4.64. The molecule has 2 aromatic rings. The highest BCUT2D eigenvalue weighted by molar-refractivity contribution is 7.99. The number of nitrogens with two attached hydrogens (primary N) is 1. The maximum Gasteiger partial charge on any atom is 0.337 e. The van der Waals surface area contributed by atoms with Crippen molar-refractivity contribution in [3.8, 4) is 6.07 Å². The molecule has 0 atom stereocenters. The Morgan fingerprint density at radius 3 is 2.65 bits per heavy atom. The molecule has 0 saturated carbocycles. The lowest BCUT2D eigenvalue weighted by Gasteiger charge is -2.08. The molecular formula is C15H12N2O2S. The van der Waals surface area contributed by atoms with E-state index in [1.165, 1.54) is 18.9 Å². The maximum atomic E-state index is 11.4. The van der Waals surface area contributed by atoms with Crippen molar-refractivity contribution in [1.29, 1.82) is 5.26 Å². The number of benzene rings is 2. The fourth-order valence-electron chi connectivity index (χ4n) is 1.65. The molecule has 0 aliphatic heterocycles. The molecule has 0 unspecified atom stereocenters. The Balaban J connectivity index is 2.31. The van der Waals surface area contributed by atoms with Crippen LogP contribution in [0.5, 0.6) is 0 Å². The van der Waals surface area contributed by atoms with Gasteiger partial charge in [-0.15, -0.1) is 0 Å². The van der Waals surface area contributed by atoms with Crippen molar-refractivity contribution in [3.63, 3.8) is 0 Å². The van der Waals surface area contributed by atoms with Crippen LogP contribution in [0.4, 0.5) is 5.69 Å². The zero-order chi connectivity index (χ0) is 14.5. The topological polar surface area (TPSA) is 76.1 Å². The summed E-state index contributed by atoms with van der Waals surface area (Å²) in [5, 5.41) is 9.06. The highest BCUT2D eigenvalue weighted by atomic mass is 32.2. The minimum Gasteiger partial charge on any atom is -0.465 e. The second-order valence-corrected chi connectivity index (χ2v) is 5.04. The van der Waals surface area contributed by atoms with Crippen LogP contribution in [-0.4, -0.2) is 13.1 Å². The lowest BCUT2D eigenvalue weighted by Crippen LogP contribution is -2.02. The summed E-state index contributed by atoms with van der Waals surface area (Å²) in [4.78, 5) is 13.0. The highest BCUT2D eigenvalue weighted by Crippen LogP contribution is 2.34. The zero-order valence-corrected chi connectivity index (χ0v) is 11.6. The van der Waals surface area contributed by atoms with Crippen LogP contribution in [0, 0.1) is 11.3 Å². The van der Waals surface area contributed by atoms with E-state index in [9.17, 15) is 4.79 Å². The summed E-state index contributed by atoms with van der Waals surface area (Å²) in [6.07, 6.45) is 0. The highest BCUT2D eigenvalue weighted by Gasteiger charge is 2.10. The molecule has 0 aromatic heterocycles. The van der Waals surface area contributed by atoms with Gasteiger partial charge < -0.3 is 10.5 Å². The van der Waals surface area contributed by atoms with E-state index in [-0.39, 0.29) is 0 Å².